The van der Waals surface area contributed by atoms with Crippen molar-refractivity contribution in [1.29, 1.82) is 0 Å². The average molecular weight is 331 g/mol. The fraction of sp³-hybridized carbons (Fsp3) is 0.250. The van der Waals surface area contributed by atoms with E-state index in [-0.39, 0.29) is 17.3 Å². The van der Waals surface area contributed by atoms with Crippen LogP contribution in [0, 0.1) is 10.1 Å². The number of carbonyl (C=O) groups excluding carboxylic acids is 2. The van der Waals surface area contributed by atoms with Gasteiger partial charge >= 0.3 is 5.97 Å². The van der Waals surface area contributed by atoms with E-state index in [4.69, 9.17) is 4.74 Å². The molecule has 0 saturated heterocycles. The molecular formula is C16H17N3O5. The number of aromatic nitrogens is 1. The lowest BCUT2D eigenvalue weighted by Crippen LogP contribution is -2.40. The lowest BCUT2D eigenvalue weighted by molar-refractivity contribution is -0.384. The summed E-state index contributed by atoms with van der Waals surface area (Å²) in [5, 5.41) is 10.6. The van der Waals surface area contributed by atoms with E-state index in [1.54, 1.807) is 24.3 Å². The Hall–Kier alpha value is -3.16. The number of para-hydroxylation sites is 1. The van der Waals surface area contributed by atoms with Crippen molar-refractivity contribution < 1.29 is 19.2 Å². The number of ether oxygens (including phenoxy) is 1. The third kappa shape index (κ3) is 3.78. The van der Waals surface area contributed by atoms with Gasteiger partial charge in [0.2, 0.25) is 0 Å². The molecule has 0 spiro atoms. The predicted octanol–water partition coefficient (Wildman–Crippen LogP) is 2.52. The lowest BCUT2D eigenvalue weighted by Gasteiger charge is -2.24. The van der Waals surface area contributed by atoms with Crippen LogP contribution in [0.2, 0.25) is 0 Å². The minimum Gasteiger partial charge on any atom is -0.448 e. The van der Waals surface area contributed by atoms with Crippen molar-refractivity contribution in [1.82, 2.24) is 4.98 Å². The second-order valence-electron chi connectivity index (χ2n) is 4.99. The maximum Gasteiger partial charge on any atom is 0.355 e. The first-order chi connectivity index (χ1) is 11.4. The van der Waals surface area contributed by atoms with E-state index in [9.17, 15) is 19.7 Å². The summed E-state index contributed by atoms with van der Waals surface area (Å²) in [6, 6.07) is 10.1. The Bertz CT molecular complexity index is 741. The molecule has 1 amide bonds. The van der Waals surface area contributed by atoms with Gasteiger partial charge in [-0.1, -0.05) is 18.2 Å². The van der Waals surface area contributed by atoms with E-state index in [1.165, 1.54) is 11.8 Å². The fourth-order valence-corrected chi connectivity index (χ4v) is 2.17. The Morgan fingerprint density at radius 2 is 2.00 bits per heavy atom. The minimum atomic E-state index is -1.03. The number of amides is 1. The Balaban J connectivity index is 2.07. The van der Waals surface area contributed by atoms with Crippen molar-refractivity contribution in [3.05, 3.63) is 58.4 Å². The van der Waals surface area contributed by atoms with Gasteiger partial charge in [-0.25, -0.2) is 4.79 Å². The number of hydrogen-bond acceptors (Lipinski definition) is 5. The van der Waals surface area contributed by atoms with Crippen molar-refractivity contribution >= 4 is 23.3 Å². The van der Waals surface area contributed by atoms with E-state index >= 15 is 0 Å². The highest BCUT2D eigenvalue weighted by atomic mass is 16.6. The van der Waals surface area contributed by atoms with Gasteiger partial charge in [0.25, 0.3) is 11.6 Å². The number of anilines is 1. The molecule has 1 atom stereocenters. The van der Waals surface area contributed by atoms with Gasteiger partial charge in [0, 0.05) is 18.3 Å². The van der Waals surface area contributed by atoms with Crippen molar-refractivity contribution in [3.8, 4) is 0 Å². The largest absolute Gasteiger partial charge is 0.448 e. The summed E-state index contributed by atoms with van der Waals surface area (Å²) in [6.45, 7) is 3.69. The first-order valence-corrected chi connectivity index (χ1v) is 7.34. The first-order valence-electron chi connectivity index (χ1n) is 7.34. The zero-order valence-corrected chi connectivity index (χ0v) is 13.3. The minimum absolute atomic E-state index is 0.0795. The molecule has 8 nitrogen and oxygen atoms in total. The molecule has 2 aromatic rings. The second-order valence-corrected chi connectivity index (χ2v) is 4.99. The summed E-state index contributed by atoms with van der Waals surface area (Å²) in [4.78, 5) is 38.4. The third-order valence-electron chi connectivity index (χ3n) is 3.38. The maximum absolute atomic E-state index is 12.5. The molecule has 1 aromatic heterocycles. The number of benzene rings is 1. The van der Waals surface area contributed by atoms with Gasteiger partial charge in [-0.15, -0.1) is 0 Å². The lowest BCUT2D eigenvalue weighted by atomic mass is 10.2. The highest BCUT2D eigenvalue weighted by Gasteiger charge is 2.25. The van der Waals surface area contributed by atoms with Crippen LogP contribution in [0.1, 0.15) is 24.3 Å². The summed E-state index contributed by atoms with van der Waals surface area (Å²) in [6.07, 6.45) is 0.0609. The number of rotatable bonds is 6. The summed E-state index contributed by atoms with van der Waals surface area (Å²) in [5.74, 6) is -1.20. The number of nitrogens with one attached hydrogen (secondary N) is 1. The molecule has 0 aliphatic carbocycles. The van der Waals surface area contributed by atoms with E-state index in [0.717, 1.165) is 12.3 Å². The van der Waals surface area contributed by atoms with Crippen LogP contribution < -0.4 is 4.90 Å². The molecule has 0 aliphatic heterocycles. The number of H-pyrrole nitrogens is 1. The van der Waals surface area contributed by atoms with Gasteiger partial charge in [0.1, 0.15) is 5.69 Å². The highest BCUT2D eigenvalue weighted by Crippen LogP contribution is 2.17. The van der Waals surface area contributed by atoms with Crippen LogP contribution in [-0.2, 0) is 9.53 Å². The fourth-order valence-electron chi connectivity index (χ4n) is 2.17. The molecular weight excluding hydrogens is 314 g/mol. The summed E-state index contributed by atoms with van der Waals surface area (Å²) in [5.41, 5.74) is 0.368. The van der Waals surface area contributed by atoms with Crippen LogP contribution in [0.15, 0.2) is 42.6 Å². The van der Waals surface area contributed by atoms with Gasteiger partial charge in [-0.3, -0.25) is 14.9 Å². The molecule has 2 rings (SSSR count). The number of aromatic amines is 1. The molecule has 0 aliphatic rings. The van der Waals surface area contributed by atoms with Gasteiger partial charge in [-0.05, 0) is 26.0 Å². The number of nitrogens with zero attached hydrogens (tertiary/aromatic N) is 2. The van der Waals surface area contributed by atoms with Crippen molar-refractivity contribution in [2.45, 2.75) is 20.0 Å². The third-order valence-corrected chi connectivity index (χ3v) is 3.38. The van der Waals surface area contributed by atoms with Gasteiger partial charge in [0.15, 0.2) is 6.10 Å². The normalized spacial score (nSPS) is 11.6. The standard InChI is InChI=1S/C16H17N3O5/c1-3-18(12-7-5-4-6-8-12)15(20)11(2)24-16(21)14-9-13(10-17-14)19(22)23/h4-11,17H,3H2,1-2H3/t11-/m1/s1. The van der Waals surface area contributed by atoms with Crippen LogP contribution in [0.4, 0.5) is 11.4 Å². The Morgan fingerprint density at radius 3 is 2.54 bits per heavy atom. The highest BCUT2D eigenvalue weighted by molar-refractivity contribution is 5.98. The molecule has 1 heterocycles. The molecule has 0 unspecified atom stereocenters. The van der Waals surface area contributed by atoms with Crippen LogP contribution in [0.25, 0.3) is 0 Å². The van der Waals surface area contributed by atoms with Crippen LogP contribution in [0.5, 0.6) is 0 Å². The van der Waals surface area contributed by atoms with Crippen molar-refractivity contribution in [2.24, 2.45) is 0 Å². The van der Waals surface area contributed by atoms with Crippen LogP contribution >= 0.6 is 0 Å². The molecule has 126 valence electrons. The monoisotopic (exact) mass is 331 g/mol. The van der Waals surface area contributed by atoms with Crippen LogP contribution in [-0.4, -0.2) is 34.4 Å². The molecule has 0 radical (unpaired) electrons. The predicted molar refractivity (Wildman–Crippen MR) is 86.8 cm³/mol. The molecule has 1 aromatic carbocycles. The van der Waals surface area contributed by atoms with E-state index in [2.05, 4.69) is 4.98 Å². The number of nitro groups is 1. The van der Waals surface area contributed by atoms with Gasteiger partial charge in [-0.2, -0.15) is 0 Å². The number of esters is 1. The zero-order chi connectivity index (χ0) is 17.7. The topological polar surface area (TPSA) is 106 Å². The van der Waals surface area contributed by atoms with Gasteiger partial charge < -0.3 is 14.6 Å². The number of hydrogen-bond donors (Lipinski definition) is 1. The molecule has 0 bridgehead atoms. The maximum atomic E-state index is 12.5. The smallest absolute Gasteiger partial charge is 0.355 e. The zero-order valence-electron chi connectivity index (χ0n) is 13.3. The quantitative estimate of drug-likeness (QED) is 0.497. The van der Waals surface area contributed by atoms with Crippen molar-refractivity contribution in [2.75, 3.05) is 11.4 Å². The SMILES string of the molecule is CCN(C(=O)[C@@H](C)OC(=O)c1cc([N+](=O)[O-])c[nH]1)c1ccccc1. The second kappa shape index (κ2) is 7.40. The van der Waals surface area contributed by atoms with E-state index < -0.39 is 17.0 Å². The summed E-state index contributed by atoms with van der Waals surface area (Å²) < 4.78 is 5.11. The molecule has 1 N–H and O–H groups in total. The number of likely N-dealkylation sites (N-methyl/N-ethyl adjacent to an activating group) is 1. The average Bonchev–Trinajstić information content (AvgIpc) is 3.06. The Morgan fingerprint density at radius 1 is 1.33 bits per heavy atom. The molecule has 0 fully saturated rings. The molecule has 8 heteroatoms. The summed E-state index contributed by atoms with van der Waals surface area (Å²) in [7, 11) is 0. The van der Waals surface area contributed by atoms with Crippen molar-refractivity contribution in [3.63, 3.8) is 0 Å². The summed E-state index contributed by atoms with van der Waals surface area (Å²) >= 11 is 0. The Labute approximate surface area is 138 Å². The molecule has 24 heavy (non-hydrogen) atoms. The van der Waals surface area contributed by atoms with Gasteiger partial charge in [0.05, 0.1) is 11.1 Å². The molecule has 0 saturated carbocycles. The van der Waals surface area contributed by atoms with Crippen LogP contribution in [0.3, 0.4) is 0 Å². The van der Waals surface area contributed by atoms with E-state index in [1.807, 2.05) is 13.0 Å². The number of carbonyl (C=O) groups is 2. The first kappa shape index (κ1) is 17.2. The van der Waals surface area contributed by atoms with E-state index in [0.29, 0.717) is 12.2 Å². The Kier molecular flexibility index (Phi) is 5.31.